The molecule has 5 heteroatoms. The summed E-state index contributed by atoms with van der Waals surface area (Å²) in [7, 11) is 0. The van der Waals surface area contributed by atoms with E-state index < -0.39 is 202 Å². The van der Waals surface area contributed by atoms with E-state index in [1.54, 1.807) is 48.5 Å². The second-order valence-electron chi connectivity index (χ2n) is 12.2. The van der Waals surface area contributed by atoms with Gasteiger partial charge in [0.2, 0.25) is 5.95 Å². The summed E-state index contributed by atoms with van der Waals surface area (Å²) < 4.78 is 225. The Bertz CT molecular complexity index is 4580. The Kier molecular flexibility index (Phi) is 3.64. The molecule has 8 aromatic carbocycles. The molecule has 5 nitrogen and oxygen atoms in total. The molecule has 0 bridgehead atoms. The summed E-state index contributed by atoms with van der Waals surface area (Å²) >= 11 is 0. The fourth-order valence-electron chi connectivity index (χ4n) is 6.64. The maximum atomic E-state index is 9.69. The Morgan fingerprint density at radius 1 is 0.339 bits per heavy atom. The van der Waals surface area contributed by atoms with Gasteiger partial charge in [-0.2, -0.15) is 9.97 Å². The molecule has 0 unspecified atom stereocenters. The Labute approximate surface area is 358 Å². The van der Waals surface area contributed by atoms with Crippen LogP contribution in [-0.2, 0) is 0 Å². The third kappa shape index (κ3) is 5.21. The van der Waals surface area contributed by atoms with Crippen LogP contribution in [0.4, 0.5) is 0 Å². The second kappa shape index (κ2) is 13.0. The lowest BCUT2D eigenvalue weighted by molar-refractivity contribution is 0.953. The highest BCUT2D eigenvalue weighted by Gasteiger charge is 2.23. The van der Waals surface area contributed by atoms with Crippen molar-refractivity contribution in [2.24, 2.45) is 0 Å². The first-order valence-corrected chi connectivity index (χ1v) is 16.8. The summed E-state index contributed by atoms with van der Waals surface area (Å²) in [6, 6.07) is -7.20. The lowest BCUT2D eigenvalue weighted by Gasteiger charge is -2.14. The Morgan fingerprint density at radius 2 is 0.732 bits per heavy atom. The molecule has 56 heavy (non-hydrogen) atoms. The number of para-hydroxylation sites is 2. The van der Waals surface area contributed by atoms with Gasteiger partial charge in [0.05, 0.1) is 56.3 Å². The van der Waals surface area contributed by atoms with Gasteiger partial charge in [0.15, 0.2) is 11.6 Å². The largest absolute Gasteiger partial charge is 0.307 e. The van der Waals surface area contributed by atoms with Crippen LogP contribution in [0, 0.1) is 0 Å². The van der Waals surface area contributed by atoms with Crippen LogP contribution in [0.25, 0.3) is 100 Å². The maximum absolute atomic E-state index is 9.69. The number of fused-ring (bicyclic) bond motifs is 7. The SMILES string of the molecule is [2H]c1c([2H])c([2H])c(-c2nc(-c3c([2H])c([2H])c(-c4c([2H])c([2H])c([2H])c([2H])c4[2H])c([2H])c3[2H])nc(-n3c4ccccc4c4c([2H])c([2H])c5c6ccccc6n(-c6c([2H])c([2H])c(-c7c([2H])c([2H])c([2H])c([2H])c7[2H])c([2H])c6[2H])c5c43)n2)c([2H])c1[2H]. The Balaban J connectivity index is 1.33. The molecule has 3 heterocycles. The highest BCUT2D eigenvalue weighted by atomic mass is 15.2. The van der Waals surface area contributed by atoms with Crippen LogP contribution in [0.1, 0.15) is 34.3 Å². The predicted molar refractivity (Wildman–Crippen MR) is 230 cm³/mol. The van der Waals surface area contributed by atoms with Crippen LogP contribution >= 0.6 is 0 Å². The average Bonchev–Trinajstić information content (AvgIpc) is 2.06. The van der Waals surface area contributed by atoms with E-state index in [0.717, 1.165) is 0 Å². The summed E-state index contributed by atoms with van der Waals surface area (Å²) in [5.41, 5.74) is -4.24. The lowest BCUT2D eigenvalue weighted by atomic mass is 10.0. The van der Waals surface area contributed by atoms with Gasteiger partial charge in [-0.1, -0.05) is 175 Å². The second-order valence-corrected chi connectivity index (χ2v) is 12.2. The van der Waals surface area contributed by atoms with Crippen molar-refractivity contribution in [1.29, 1.82) is 0 Å². The van der Waals surface area contributed by atoms with Gasteiger partial charge in [-0.25, -0.2) is 4.98 Å². The van der Waals surface area contributed by atoms with Crippen LogP contribution in [0.5, 0.6) is 0 Å². The molecule has 0 aliphatic heterocycles. The minimum absolute atomic E-state index is 0.00153. The van der Waals surface area contributed by atoms with E-state index in [9.17, 15) is 13.7 Å². The van der Waals surface area contributed by atoms with Gasteiger partial charge in [0.1, 0.15) is 0 Å². The molecule has 0 aliphatic rings. The van der Waals surface area contributed by atoms with Crippen molar-refractivity contribution in [2.45, 2.75) is 0 Å². The van der Waals surface area contributed by atoms with Gasteiger partial charge in [0, 0.05) is 38.4 Å². The number of rotatable bonds is 6. The number of aromatic nitrogens is 5. The number of benzene rings is 8. The highest BCUT2D eigenvalue weighted by Crippen LogP contribution is 2.42. The van der Waals surface area contributed by atoms with Crippen molar-refractivity contribution in [3.05, 3.63) is 200 Å². The van der Waals surface area contributed by atoms with E-state index in [2.05, 4.69) is 4.98 Å². The number of hydrogen-bond donors (Lipinski definition) is 0. The normalized spacial score (nSPS) is 17.8. The summed E-state index contributed by atoms with van der Waals surface area (Å²) in [5.74, 6) is -1.96. The maximum Gasteiger partial charge on any atom is 0.238 e. The first-order chi connectivity index (χ1) is 38.2. The molecule has 3 aromatic heterocycles. The average molecular weight is 741 g/mol. The van der Waals surface area contributed by atoms with Crippen molar-refractivity contribution >= 4 is 43.6 Å². The van der Waals surface area contributed by atoms with Gasteiger partial charge >= 0.3 is 0 Å². The molecule has 0 N–H and O–H groups in total. The quantitative estimate of drug-likeness (QED) is 0.171. The lowest BCUT2D eigenvalue weighted by Crippen LogP contribution is -2.07. The molecule has 262 valence electrons. The zero-order valence-corrected chi connectivity index (χ0v) is 28.4. The molecule has 0 saturated heterocycles. The monoisotopic (exact) mass is 740 g/mol. The minimum atomic E-state index is -0.922. The number of nitrogens with zero attached hydrogens (tertiary/aromatic N) is 5. The van der Waals surface area contributed by atoms with Crippen LogP contribution in [0.2, 0.25) is 0 Å². The smallest absolute Gasteiger partial charge is 0.238 e. The summed E-state index contributed by atoms with van der Waals surface area (Å²) in [5, 5.41) is 0.480. The molecule has 0 atom stereocenters. The zero-order valence-electron chi connectivity index (χ0n) is 53.4. The third-order valence-corrected chi connectivity index (χ3v) is 9.02. The molecule has 0 fully saturated rings. The van der Waals surface area contributed by atoms with Crippen molar-refractivity contribution in [2.75, 3.05) is 0 Å². The van der Waals surface area contributed by atoms with Gasteiger partial charge in [-0.15, -0.1) is 0 Å². The molecule has 11 aromatic rings. The van der Waals surface area contributed by atoms with E-state index in [1.165, 1.54) is 9.13 Å². The van der Waals surface area contributed by atoms with Gasteiger partial charge in [0.25, 0.3) is 0 Å². The van der Waals surface area contributed by atoms with E-state index in [-0.39, 0.29) is 49.7 Å². The van der Waals surface area contributed by atoms with Crippen LogP contribution in [0.15, 0.2) is 200 Å². The zero-order chi connectivity index (χ0) is 58.8. The summed E-state index contributed by atoms with van der Waals surface area (Å²) in [4.78, 5) is 13.9. The molecule has 0 radical (unpaired) electrons. The van der Waals surface area contributed by atoms with Gasteiger partial charge in [-0.05, 0) is 46.5 Å². The first kappa shape index (κ1) is 15.6. The fraction of sp³-hybridized carbons (Fsp3) is 0. The van der Waals surface area contributed by atoms with Gasteiger partial charge < -0.3 is 4.57 Å². The standard InChI is InChI=1S/C51H33N5/c1-4-14-34(15-5-1)36-24-26-39(27-25-36)50-52-49(38-18-8-3-9-19-38)53-51(54-50)56-46-23-13-11-21-42(46)44-33-32-43-41-20-10-12-22-45(41)55(47(43)48(44)56)40-30-28-37(29-31-40)35-16-6-2-7-17-35/h1-33H/i1D,2D,3D,4D,5D,6D,7D,8D,9D,14D,15D,16D,17D,18D,19D,24D,25D,26D,27D,28D,29D,30D,31D,32D,33D. The predicted octanol–water partition coefficient (Wildman–Crippen LogP) is 12.7. The molecular weight excluding hydrogens is 683 g/mol. The molecular formula is C51H33N5. The van der Waals surface area contributed by atoms with E-state index in [1.807, 2.05) is 0 Å². The molecule has 0 saturated carbocycles. The minimum Gasteiger partial charge on any atom is -0.307 e. The number of hydrogen-bond acceptors (Lipinski definition) is 3. The molecule has 0 amide bonds. The molecule has 0 aliphatic carbocycles. The summed E-state index contributed by atoms with van der Waals surface area (Å²) in [6.45, 7) is 0. The van der Waals surface area contributed by atoms with Crippen molar-refractivity contribution in [3.63, 3.8) is 0 Å². The van der Waals surface area contributed by atoms with Crippen LogP contribution < -0.4 is 0 Å². The van der Waals surface area contributed by atoms with Gasteiger partial charge in [-0.3, -0.25) is 4.57 Å². The van der Waals surface area contributed by atoms with E-state index in [4.69, 9.17) is 30.5 Å². The Morgan fingerprint density at radius 3 is 1.27 bits per heavy atom. The topological polar surface area (TPSA) is 48.5 Å². The third-order valence-electron chi connectivity index (χ3n) is 9.02. The molecule has 11 rings (SSSR count). The van der Waals surface area contributed by atoms with E-state index in [0.29, 0.717) is 0 Å². The Hall–Kier alpha value is -7.63. The van der Waals surface area contributed by atoms with Crippen molar-refractivity contribution in [1.82, 2.24) is 24.1 Å². The highest BCUT2D eigenvalue weighted by molar-refractivity contribution is 6.23. The van der Waals surface area contributed by atoms with Crippen LogP contribution in [-0.4, -0.2) is 24.1 Å². The first-order valence-electron chi connectivity index (χ1n) is 29.3. The molecule has 0 spiro atoms. The van der Waals surface area contributed by atoms with E-state index >= 15 is 0 Å². The fourth-order valence-corrected chi connectivity index (χ4v) is 6.64. The summed E-state index contributed by atoms with van der Waals surface area (Å²) in [6.07, 6.45) is 0. The van der Waals surface area contributed by atoms with Crippen LogP contribution in [0.3, 0.4) is 0 Å². The van der Waals surface area contributed by atoms with Crippen molar-refractivity contribution < 1.29 is 34.3 Å². The van der Waals surface area contributed by atoms with Crippen molar-refractivity contribution in [3.8, 4) is 56.7 Å².